The Morgan fingerprint density at radius 1 is 0.706 bits per heavy atom. The third-order valence-electron chi connectivity index (χ3n) is 5.71. The van der Waals surface area contributed by atoms with Crippen LogP contribution in [0, 0.1) is 0 Å². The number of nitrogens with one attached hydrogen (secondary N) is 2. The molecule has 8 nitrogen and oxygen atoms in total. The lowest BCUT2D eigenvalue weighted by Gasteiger charge is -2.08. The van der Waals surface area contributed by atoms with Crippen LogP contribution >= 0.6 is 0 Å². The molecule has 164 valence electrons. The molecule has 0 spiro atoms. The molecule has 0 radical (unpaired) electrons. The zero-order valence-electron chi connectivity index (χ0n) is 18.2. The fourth-order valence-corrected chi connectivity index (χ4v) is 4.08. The summed E-state index contributed by atoms with van der Waals surface area (Å²) in [4.78, 5) is 34.1. The maximum Gasteiger partial charge on any atom is 0.159 e. The molecule has 0 saturated heterocycles. The highest BCUT2D eigenvalue weighted by molar-refractivity contribution is 5.82. The number of aromatic nitrogens is 8. The largest absolute Gasteiger partial charge is 0.341 e. The van der Waals surface area contributed by atoms with Gasteiger partial charge in [0.05, 0.1) is 28.0 Å². The molecule has 8 heteroatoms. The molecule has 2 N–H and O–H groups in total. The van der Waals surface area contributed by atoms with Crippen molar-refractivity contribution in [3.63, 3.8) is 0 Å². The van der Waals surface area contributed by atoms with Gasteiger partial charge in [0.2, 0.25) is 0 Å². The Morgan fingerprint density at radius 2 is 1.18 bits per heavy atom. The molecule has 0 fully saturated rings. The van der Waals surface area contributed by atoms with Crippen molar-refractivity contribution in [3.8, 4) is 22.8 Å². The molecule has 0 aliphatic rings. The lowest BCUT2D eigenvalue weighted by molar-refractivity contribution is 0.730. The van der Waals surface area contributed by atoms with Crippen molar-refractivity contribution in [2.24, 2.45) is 0 Å². The van der Waals surface area contributed by atoms with E-state index in [1.807, 2.05) is 42.5 Å². The first kappa shape index (κ1) is 19.9. The van der Waals surface area contributed by atoms with Gasteiger partial charge in [-0.3, -0.25) is 0 Å². The van der Waals surface area contributed by atoms with E-state index in [0.717, 1.165) is 44.8 Å². The molecule has 4 heterocycles. The SMILES string of the molecule is C=CCC(c1nc2cc(-c3ncccn3)ccc2[nH]1)c1nc2cc(-c3ncccn3)ccc2[nH]1. The van der Waals surface area contributed by atoms with Crippen LogP contribution < -0.4 is 0 Å². The summed E-state index contributed by atoms with van der Waals surface area (Å²) in [7, 11) is 0. The molecule has 6 aromatic rings. The molecule has 0 amide bonds. The highest BCUT2D eigenvalue weighted by Gasteiger charge is 2.21. The number of H-pyrrole nitrogens is 2. The summed E-state index contributed by atoms with van der Waals surface area (Å²) in [6.07, 6.45) is 9.51. The smallest absolute Gasteiger partial charge is 0.159 e. The van der Waals surface area contributed by atoms with Crippen molar-refractivity contribution in [2.75, 3.05) is 0 Å². The second kappa shape index (κ2) is 8.32. The number of imidazole rings is 2. The summed E-state index contributed by atoms with van der Waals surface area (Å²) in [5, 5.41) is 0. The van der Waals surface area contributed by atoms with Crippen LogP contribution in [0.4, 0.5) is 0 Å². The van der Waals surface area contributed by atoms with Crippen molar-refractivity contribution >= 4 is 22.1 Å². The summed E-state index contributed by atoms with van der Waals surface area (Å²) in [5.41, 5.74) is 5.45. The Bertz CT molecular complexity index is 1480. The summed E-state index contributed by atoms with van der Waals surface area (Å²) in [6.45, 7) is 3.95. The highest BCUT2D eigenvalue weighted by Crippen LogP contribution is 2.30. The van der Waals surface area contributed by atoms with E-state index in [1.54, 1.807) is 36.9 Å². The second-order valence-electron chi connectivity index (χ2n) is 7.93. The maximum absolute atomic E-state index is 4.89. The van der Waals surface area contributed by atoms with Gasteiger partial charge in [0.15, 0.2) is 11.6 Å². The minimum absolute atomic E-state index is 0.0925. The van der Waals surface area contributed by atoms with Gasteiger partial charge in [0.1, 0.15) is 11.6 Å². The predicted molar refractivity (Wildman–Crippen MR) is 131 cm³/mol. The molecular formula is C26H20N8. The number of nitrogens with zero attached hydrogens (tertiary/aromatic N) is 6. The first-order valence-electron chi connectivity index (χ1n) is 10.9. The standard InChI is InChI=1S/C26H20N8/c1-2-5-18(25-31-19-8-6-16(14-21(19)33-25)23-27-10-3-11-28-23)26-32-20-9-7-17(15-22(20)34-26)24-29-12-4-13-30-24/h2-4,6-15,18H,1,5H2,(H,31,33)(H,32,34). The number of benzene rings is 2. The monoisotopic (exact) mass is 444 g/mol. The minimum Gasteiger partial charge on any atom is -0.341 e. The average molecular weight is 445 g/mol. The van der Waals surface area contributed by atoms with E-state index in [-0.39, 0.29) is 5.92 Å². The molecule has 34 heavy (non-hydrogen) atoms. The van der Waals surface area contributed by atoms with Gasteiger partial charge in [-0.15, -0.1) is 6.58 Å². The van der Waals surface area contributed by atoms with Crippen LogP contribution in [-0.2, 0) is 0 Å². The fraction of sp³-hybridized carbons (Fsp3) is 0.0769. The van der Waals surface area contributed by atoms with E-state index in [9.17, 15) is 0 Å². The third-order valence-corrected chi connectivity index (χ3v) is 5.71. The van der Waals surface area contributed by atoms with Gasteiger partial charge < -0.3 is 9.97 Å². The lowest BCUT2D eigenvalue weighted by Crippen LogP contribution is -2.04. The van der Waals surface area contributed by atoms with Crippen molar-refractivity contribution in [1.29, 1.82) is 0 Å². The number of allylic oxidation sites excluding steroid dienone is 1. The summed E-state index contributed by atoms with van der Waals surface area (Å²) < 4.78 is 0. The van der Waals surface area contributed by atoms with Crippen LogP contribution in [0.2, 0.25) is 0 Å². The molecule has 0 aliphatic carbocycles. The van der Waals surface area contributed by atoms with Crippen molar-refractivity contribution in [2.45, 2.75) is 12.3 Å². The maximum atomic E-state index is 4.89. The molecule has 0 saturated carbocycles. The Hall–Kier alpha value is -4.72. The number of rotatable bonds is 6. The number of hydrogen-bond acceptors (Lipinski definition) is 6. The third kappa shape index (κ3) is 3.61. The van der Waals surface area contributed by atoms with Crippen LogP contribution in [0.25, 0.3) is 44.8 Å². The molecule has 0 atom stereocenters. The normalized spacial score (nSPS) is 11.4. The highest BCUT2D eigenvalue weighted by atomic mass is 15.0. The Labute approximate surface area is 194 Å². The quantitative estimate of drug-likeness (QED) is 0.348. The van der Waals surface area contributed by atoms with E-state index in [2.05, 4.69) is 36.5 Å². The van der Waals surface area contributed by atoms with Gasteiger partial charge >= 0.3 is 0 Å². The molecule has 4 aromatic heterocycles. The van der Waals surface area contributed by atoms with Gasteiger partial charge in [-0.1, -0.05) is 6.08 Å². The van der Waals surface area contributed by atoms with E-state index >= 15 is 0 Å². The zero-order chi connectivity index (χ0) is 22.9. The summed E-state index contributed by atoms with van der Waals surface area (Å²) in [5.74, 6) is 2.91. The van der Waals surface area contributed by atoms with Crippen LogP contribution in [0.15, 0.2) is 86.0 Å². The lowest BCUT2D eigenvalue weighted by atomic mass is 10.0. The molecule has 2 aromatic carbocycles. The Morgan fingerprint density at radius 3 is 1.62 bits per heavy atom. The Balaban J connectivity index is 1.39. The van der Waals surface area contributed by atoms with E-state index in [4.69, 9.17) is 9.97 Å². The summed E-state index contributed by atoms with van der Waals surface area (Å²) in [6, 6.07) is 15.6. The Kier molecular flexibility index (Phi) is 4.88. The van der Waals surface area contributed by atoms with E-state index in [1.165, 1.54) is 0 Å². The molecule has 0 unspecified atom stereocenters. The topological polar surface area (TPSA) is 109 Å². The van der Waals surface area contributed by atoms with Crippen LogP contribution in [-0.4, -0.2) is 39.9 Å². The molecule has 0 aliphatic heterocycles. The first-order chi connectivity index (χ1) is 16.8. The number of hydrogen-bond donors (Lipinski definition) is 2. The number of aromatic amines is 2. The molecule has 0 bridgehead atoms. The predicted octanol–water partition coefficient (Wildman–Crippen LogP) is 5.06. The van der Waals surface area contributed by atoms with Crippen molar-refractivity contribution in [3.05, 3.63) is 97.6 Å². The summed E-state index contributed by atoms with van der Waals surface area (Å²) >= 11 is 0. The van der Waals surface area contributed by atoms with Crippen molar-refractivity contribution in [1.82, 2.24) is 39.9 Å². The fourth-order valence-electron chi connectivity index (χ4n) is 4.08. The molecule has 6 rings (SSSR count). The van der Waals surface area contributed by atoms with Gasteiger partial charge in [-0.05, 0) is 55.0 Å². The van der Waals surface area contributed by atoms with Gasteiger partial charge in [-0.2, -0.15) is 0 Å². The molecular weight excluding hydrogens is 424 g/mol. The zero-order valence-corrected chi connectivity index (χ0v) is 18.2. The average Bonchev–Trinajstić information content (AvgIpc) is 3.51. The number of fused-ring (bicyclic) bond motifs is 2. The second-order valence-corrected chi connectivity index (χ2v) is 7.93. The van der Waals surface area contributed by atoms with Crippen LogP contribution in [0.3, 0.4) is 0 Å². The first-order valence-corrected chi connectivity index (χ1v) is 10.9. The van der Waals surface area contributed by atoms with E-state index < -0.39 is 0 Å². The van der Waals surface area contributed by atoms with E-state index in [0.29, 0.717) is 18.1 Å². The van der Waals surface area contributed by atoms with Crippen molar-refractivity contribution < 1.29 is 0 Å². The van der Waals surface area contributed by atoms with Gasteiger partial charge in [0.25, 0.3) is 0 Å². The van der Waals surface area contributed by atoms with Crippen LogP contribution in [0.1, 0.15) is 24.0 Å². The van der Waals surface area contributed by atoms with Crippen LogP contribution in [0.5, 0.6) is 0 Å². The van der Waals surface area contributed by atoms with Gasteiger partial charge in [0, 0.05) is 35.9 Å². The minimum atomic E-state index is -0.0925. The van der Waals surface area contributed by atoms with Gasteiger partial charge in [-0.25, -0.2) is 29.9 Å².